The fourth-order valence-corrected chi connectivity index (χ4v) is 2.88. The van der Waals surface area contributed by atoms with E-state index in [0.717, 1.165) is 0 Å². The molecule has 15 heavy (non-hydrogen) atoms. The minimum absolute atomic E-state index is 0.0880. The summed E-state index contributed by atoms with van der Waals surface area (Å²) in [5.74, 6) is 0. The van der Waals surface area contributed by atoms with Crippen molar-refractivity contribution in [2.24, 2.45) is 0 Å². The molecule has 6 heteroatoms. The Hall–Kier alpha value is -0.170. The Morgan fingerprint density at radius 2 is 1.60 bits per heavy atom. The summed E-state index contributed by atoms with van der Waals surface area (Å²) >= 11 is 0. The van der Waals surface area contributed by atoms with E-state index in [-0.39, 0.29) is 25.2 Å². The molecule has 0 atom stereocenters. The first kappa shape index (κ1) is 14.8. The molecule has 0 rings (SSSR count). The maximum atomic E-state index is 12.0. The second kappa shape index (κ2) is 5.79. The zero-order valence-corrected chi connectivity index (χ0v) is 11.0. The first-order valence-corrected chi connectivity index (χ1v) is 6.50. The second-order valence-electron chi connectivity index (χ2n) is 4.05. The van der Waals surface area contributed by atoms with E-state index in [0.29, 0.717) is 0 Å². The highest BCUT2D eigenvalue weighted by atomic mass is 32.2. The topological polar surface area (TPSA) is 60.9 Å². The van der Waals surface area contributed by atoms with Crippen molar-refractivity contribution >= 4 is 10.2 Å². The molecule has 0 aliphatic rings. The third kappa shape index (κ3) is 3.71. The molecule has 0 aromatic rings. The van der Waals surface area contributed by atoms with Gasteiger partial charge in [0.15, 0.2) is 0 Å². The van der Waals surface area contributed by atoms with Crippen LogP contribution in [-0.4, -0.2) is 54.4 Å². The van der Waals surface area contributed by atoms with Crippen molar-refractivity contribution < 1.29 is 13.5 Å². The number of hydrogen-bond acceptors (Lipinski definition) is 3. The summed E-state index contributed by atoms with van der Waals surface area (Å²) in [7, 11) is -1.91. The van der Waals surface area contributed by atoms with E-state index in [1.807, 2.05) is 13.8 Å². The Morgan fingerprint density at radius 3 is 1.87 bits per heavy atom. The average molecular weight is 238 g/mol. The van der Waals surface area contributed by atoms with Crippen LogP contribution in [0.25, 0.3) is 0 Å². The van der Waals surface area contributed by atoms with Crippen molar-refractivity contribution in [1.29, 1.82) is 0 Å². The molecule has 1 N–H and O–H groups in total. The zero-order valence-electron chi connectivity index (χ0n) is 10.1. The molecule has 0 unspecified atom stereocenters. The molecule has 0 bridgehead atoms. The van der Waals surface area contributed by atoms with E-state index < -0.39 is 10.2 Å². The van der Waals surface area contributed by atoms with E-state index in [4.69, 9.17) is 5.11 Å². The maximum absolute atomic E-state index is 12.0. The lowest BCUT2D eigenvalue weighted by Crippen LogP contribution is -2.48. The molecule has 0 aliphatic carbocycles. The summed E-state index contributed by atoms with van der Waals surface area (Å²) in [6, 6.07) is -0.238. The van der Waals surface area contributed by atoms with E-state index >= 15 is 0 Å². The van der Waals surface area contributed by atoms with Gasteiger partial charge in [-0.1, -0.05) is 0 Å². The minimum Gasteiger partial charge on any atom is -0.395 e. The van der Waals surface area contributed by atoms with Crippen molar-refractivity contribution in [2.45, 2.75) is 39.8 Å². The van der Waals surface area contributed by atoms with Crippen LogP contribution in [0.4, 0.5) is 0 Å². The van der Waals surface area contributed by atoms with Crippen LogP contribution >= 0.6 is 0 Å². The Bertz CT molecular complexity index is 275. The van der Waals surface area contributed by atoms with Crippen LogP contribution in [-0.2, 0) is 10.2 Å². The van der Waals surface area contributed by atoms with E-state index in [1.165, 1.54) is 8.61 Å². The highest BCUT2D eigenvalue weighted by molar-refractivity contribution is 7.86. The van der Waals surface area contributed by atoms with Gasteiger partial charge in [0.1, 0.15) is 0 Å². The number of hydrogen-bond donors (Lipinski definition) is 1. The Balaban J connectivity index is 4.95. The Kier molecular flexibility index (Phi) is 5.72. The number of aliphatic hydroxyl groups is 1. The molecule has 0 fully saturated rings. The monoisotopic (exact) mass is 238 g/mol. The lowest BCUT2D eigenvalue weighted by Gasteiger charge is -2.31. The van der Waals surface area contributed by atoms with Crippen LogP contribution in [0.2, 0.25) is 0 Å². The van der Waals surface area contributed by atoms with E-state index in [1.54, 1.807) is 20.9 Å². The van der Waals surface area contributed by atoms with Crippen LogP contribution in [0.5, 0.6) is 0 Å². The van der Waals surface area contributed by atoms with Gasteiger partial charge < -0.3 is 5.11 Å². The number of nitrogens with zero attached hydrogens (tertiary/aromatic N) is 2. The lowest BCUT2D eigenvalue weighted by atomic mass is 10.4. The van der Waals surface area contributed by atoms with E-state index in [2.05, 4.69) is 0 Å². The largest absolute Gasteiger partial charge is 0.395 e. The van der Waals surface area contributed by atoms with Gasteiger partial charge in [0, 0.05) is 25.7 Å². The van der Waals surface area contributed by atoms with Crippen LogP contribution in [0.3, 0.4) is 0 Å². The normalized spacial score (nSPS) is 13.5. The van der Waals surface area contributed by atoms with Gasteiger partial charge in [0.25, 0.3) is 10.2 Å². The van der Waals surface area contributed by atoms with Gasteiger partial charge in [-0.25, -0.2) is 0 Å². The van der Waals surface area contributed by atoms with Crippen LogP contribution in [0.15, 0.2) is 0 Å². The summed E-state index contributed by atoms with van der Waals surface area (Å²) < 4.78 is 26.7. The molecule has 0 aromatic carbocycles. The molecule has 0 aromatic heterocycles. The fourth-order valence-electron chi connectivity index (χ4n) is 1.17. The van der Waals surface area contributed by atoms with Crippen LogP contribution in [0.1, 0.15) is 27.7 Å². The Morgan fingerprint density at radius 1 is 1.13 bits per heavy atom. The molecule has 0 saturated carbocycles. The number of rotatable bonds is 6. The van der Waals surface area contributed by atoms with Gasteiger partial charge in [-0.3, -0.25) is 0 Å². The zero-order chi connectivity index (χ0) is 12.2. The van der Waals surface area contributed by atoms with Gasteiger partial charge in [-0.15, -0.1) is 0 Å². The van der Waals surface area contributed by atoms with Crippen LogP contribution in [0, 0.1) is 0 Å². The molecule has 0 aliphatic heterocycles. The summed E-state index contributed by atoms with van der Waals surface area (Å²) in [5.41, 5.74) is 0. The SMILES string of the molecule is CC(C)N(C)S(=O)(=O)N(CCO)C(C)C. The predicted molar refractivity (Wildman–Crippen MR) is 60.7 cm³/mol. The van der Waals surface area contributed by atoms with Crippen LogP contribution < -0.4 is 0 Å². The quantitative estimate of drug-likeness (QED) is 0.723. The fraction of sp³-hybridized carbons (Fsp3) is 1.00. The first-order valence-electron chi connectivity index (χ1n) is 5.10. The summed E-state index contributed by atoms with van der Waals surface area (Å²) in [6.07, 6.45) is 0. The average Bonchev–Trinajstić information content (AvgIpc) is 2.11. The van der Waals surface area contributed by atoms with Crippen molar-refractivity contribution in [3.05, 3.63) is 0 Å². The smallest absolute Gasteiger partial charge is 0.282 e. The van der Waals surface area contributed by atoms with Crippen molar-refractivity contribution in [2.75, 3.05) is 20.2 Å². The van der Waals surface area contributed by atoms with Crippen molar-refractivity contribution in [3.63, 3.8) is 0 Å². The van der Waals surface area contributed by atoms with Gasteiger partial charge in [-0.2, -0.15) is 17.0 Å². The van der Waals surface area contributed by atoms with Gasteiger partial charge >= 0.3 is 0 Å². The molecular formula is C9H22N2O3S. The molecule has 0 radical (unpaired) electrons. The molecule has 5 nitrogen and oxygen atoms in total. The third-order valence-electron chi connectivity index (χ3n) is 2.28. The number of aliphatic hydroxyl groups excluding tert-OH is 1. The molecule has 0 heterocycles. The van der Waals surface area contributed by atoms with Gasteiger partial charge in [0.05, 0.1) is 6.61 Å². The summed E-state index contributed by atoms with van der Waals surface area (Å²) in [6.45, 7) is 7.19. The minimum atomic E-state index is -3.46. The molecule has 0 saturated heterocycles. The molecule has 0 spiro atoms. The van der Waals surface area contributed by atoms with Crippen molar-refractivity contribution in [3.8, 4) is 0 Å². The van der Waals surface area contributed by atoms with Crippen molar-refractivity contribution in [1.82, 2.24) is 8.61 Å². The lowest BCUT2D eigenvalue weighted by molar-refractivity contribution is 0.224. The highest BCUT2D eigenvalue weighted by Crippen LogP contribution is 2.12. The van der Waals surface area contributed by atoms with Gasteiger partial charge in [0.2, 0.25) is 0 Å². The Labute approximate surface area is 92.9 Å². The predicted octanol–water partition coefficient (Wildman–Crippen LogP) is 0.274. The standard InChI is InChI=1S/C9H22N2O3S/c1-8(2)10(5)15(13,14)11(6-7-12)9(3)4/h8-9,12H,6-7H2,1-5H3. The summed E-state index contributed by atoms with van der Waals surface area (Å²) in [4.78, 5) is 0. The molecular weight excluding hydrogens is 216 g/mol. The first-order chi connectivity index (χ1) is 6.75. The van der Waals surface area contributed by atoms with Gasteiger partial charge in [-0.05, 0) is 27.7 Å². The second-order valence-corrected chi connectivity index (χ2v) is 5.99. The summed E-state index contributed by atoms with van der Waals surface area (Å²) in [5, 5.41) is 8.84. The highest BCUT2D eigenvalue weighted by Gasteiger charge is 2.29. The van der Waals surface area contributed by atoms with E-state index in [9.17, 15) is 8.42 Å². The third-order valence-corrected chi connectivity index (χ3v) is 4.63. The maximum Gasteiger partial charge on any atom is 0.282 e. The molecule has 0 amide bonds. The molecule has 92 valence electrons.